The lowest BCUT2D eigenvalue weighted by atomic mass is 10.0. The van der Waals surface area contributed by atoms with E-state index in [1.165, 1.54) is 12.1 Å². The number of carbonyl (C=O) groups excluding carboxylic acids is 1. The zero-order valence-corrected chi connectivity index (χ0v) is 12.7. The first-order valence-corrected chi connectivity index (χ1v) is 7.60. The van der Waals surface area contributed by atoms with Crippen LogP contribution >= 0.6 is 0 Å². The molecule has 1 aromatic rings. The zero-order chi connectivity index (χ0) is 16.2. The van der Waals surface area contributed by atoms with Crippen molar-refractivity contribution >= 4 is 6.03 Å². The molecule has 0 spiro atoms. The molecule has 0 bridgehead atoms. The van der Waals surface area contributed by atoms with Crippen molar-refractivity contribution in [2.75, 3.05) is 13.2 Å². The van der Waals surface area contributed by atoms with E-state index in [1.54, 1.807) is 0 Å². The van der Waals surface area contributed by atoms with Crippen molar-refractivity contribution in [1.29, 1.82) is 0 Å². The number of halogens is 2. The third kappa shape index (κ3) is 4.16. The van der Waals surface area contributed by atoms with Crippen LogP contribution in [0.1, 0.15) is 44.2 Å². The van der Waals surface area contributed by atoms with Crippen molar-refractivity contribution in [1.82, 2.24) is 10.6 Å². The van der Waals surface area contributed by atoms with Crippen molar-refractivity contribution in [2.24, 2.45) is 5.41 Å². The molecule has 0 heterocycles. The highest BCUT2D eigenvalue weighted by Gasteiger charge is 2.42. The van der Waals surface area contributed by atoms with Crippen LogP contribution in [0.5, 0.6) is 0 Å². The fourth-order valence-electron chi connectivity index (χ4n) is 2.42. The van der Waals surface area contributed by atoms with Gasteiger partial charge in [0.15, 0.2) is 0 Å². The monoisotopic (exact) mass is 312 g/mol. The van der Waals surface area contributed by atoms with Gasteiger partial charge in [-0.15, -0.1) is 0 Å². The second kappa shape index (κ2) is 7.05. The highest BCUT2D eigenvalue weighted by Crippen LogP contribution is 2.44. The molecule has 2 amide bonds. The van der Waals surface area contributed by atoms with E-state index in [9.17, 15) is 18.7 Å². The molecule has 122 valence electrons. The topological polar surface area (TPSA) is 61.4 Å². The number of aliphatic hydroxyl groups excluding tert-OH is 1. The summed E-state index contributed by atoms with van der Waals surface area (Å²) in [6.45, 7) is 2.39. The Morgan fingerprint density at radius 2 is 2.14 bits per heavy atom. The number of benzene rings is 1. The lowest BCUT2D eigenvalue weighted by Crippen LogP contribution is -2.41. The Morgan fingerprint density at radius 1 is 1.41 bits per heavy atom. The summed E-state index contributed by atoms with van der Waals surface area (Å²) >= 11 is 0. The minimum absolute atomic E-state index is 0.0538. The molecule has 1 atom stereocenters. The third-order valence-corrected chi connectivity index (χ3v) is 4.14. The van der Waals surface area contributed by atoms with Crippen LogP contribution in [-0.2, 0) is 0 Å². The molecule has 0 aliphatic heterocycles. The average molecular weight is 312 g/mol. The fourth-order valence-corrected chi connectivity index (χ4v) is 2.42. The highest BCUT2D eigenvalue weighted by atomic mass is 19.1. The molecule has 1 fully saturated rings. The third-order valence-electron chi connectivity index (χ3n) is 4.14. The molecule has 1 aliphatic rings. The van der Waals surface area contributed by atoms with Gasteiger partial charge in [0.05, 0.1) is 12.6 Å². The Hall–Kier alpha value is -1.69. The molecular weight excluding hydrogens is 290 g/mol. The lowest BCUT2D eigenvalue weighted by molar-refractivity contribution is 0.201. The molecule has 3 N–H and O–H groups in total. The second-order valence-electron chi connectivity index (χ2n) is 5.99. The molecule has 4 nitrogen and oxygen atoms in total. The predicted molar refractivity (Wildman–Crippen MR) is 79.3 cm³/mol. The van der Waals surface area contributed by atoms with E-state index in [2.05, 4.69) is 10.6 Å². The molecular formula is C16H22F2N2O2. The van der Waals surface area contributed by atoms with Gasteiger partial charge in [-0.3, -0.25) is 0 Å². The summed E-state index contributed by atoms with van der Waals surface area (Å²) in [6.07, 6.45) is 3.10. The van der Waals surface area contributed by atoms with Gasteiger partial charge in [-0.2, -0.15) is 0 Å². The van der Waals surface area contributed by atoms with Crippen LogP contribution in [0.4, 0.5) is 13.6 Å². The summed E-state index contributed by atoms with van der Waals surface area (Å²) < 4.78 is 26.9. The average Bonchev–Trinajstić information content (AvgIpc) is 3.25. The summed E-state index contributed by atoms with van der Waals surface area (Å²) in [5.41, 5.74) is 0.0975. The lowest BCUT2D eigenvalue weighted by Gasteiger charge is -2.21. The first-order chi connectivity index (χ1) is 10.5. The molecule has 1 unspecified atom stereocenters. The van der Waals surface area contributed by atoms with Gasteiger partial charge in [-0.25, -0.2) is 13.6 Å². The van der Waals surface area contributed by atoms with Gasteiger partial charge < -0.3 is 15.7 Å². The number of urea groups is 1. The Kier molecular flexibility index (Phi) is 5.34. The normalized spacial score (nSPS) is 16.9. The van der Waals surface area contributed by atoms with E-state index in [-0.39, 0.29) is 17.6 Å². The predicted octanol–water partition coefficient (Wildman–Crippen LogP) is 2.88. The standard InChI is InChI=1S/C16H22F2N2O2/c1-2-3-14(12-5-4-11(17)8-13(12)18)20-15(22)19-9-16(10-21)6-7-16/h4-5,8,14,21H,2-3,6-7,9-10H2,1H3,(H2,19,20,22). The Morgan fingerprint density at radius 3 is 2.68 bits per heavy atom. The molecule has 6 heteroatoms. The summed E-state index contributed by atoms with van der Waals surface area (Å²) in [5, 5.41) is 14.7. The number of rotatable bonds is 7. The largest absolute Gasteiger partial charge is 0.396 e. The van der Waals surface area contributed by atoms with Crippen LogP contribution in [0.2, 0.25) is 0 Å². The van der Waals surface area contributed by atoms with E-state index < -0.39 is 23.7 Å². The van der Waals surface area contributed by atoms with Gasteiger partial charge in [-0.05, 0) is 25.3 Å². The molecule has 0 saturated heterocycles. The minimum Gasteiger partial charge on any atom is -0.396 e. The van der Waals surface area contributed by atoms with Crippen molar-refractivity contribution in [3.63, 3.8) is 0 Å². The number of carbonyl (C=O) groups is 1. The van der Waals surface area contributed by atoms with E-state index in [1.807, 2.05) is 6.92 Å². The van der Waals surface area contributed by atoms with Gasteiger partial charge in [0.1, 0.15) is 11.6 Å². The smallest absolute Gasteiger partial charge is 0.315 e. The van der Waals surface area contributed by atoms with Crippen LogP contribution in [-0.4, -0.2) is 24.3 Å². The molecule has 0 aromatic heterocycles. The molecule has 22 heavy (non-hydrogen) atoms. The van der Waals surface area contributed by atoms with E-state index in [0.29, 0.717) is 13.0 Å². The summed E-state index contributed by atoms with van der Waals surface area (Å²) in [4.78, 5) is 12.0. The van der Waals surface area contributed by atoms with Crippen LogP contribution < -0.4 is 10.6 Å². The molecule has 1 aromatic carbocycles. The molecule has 0 radical (unpaired) electrons. The Balaban J connectivity index is 1.97. The number of nitrogens with one attached hydrogen (secondary N) is 2. The van der Waals surface area contributed by atoms with E-state index in [0.717, 1.165) is 25.3 Å². The van der Waals surface area contributed by atoms with E-state index >= 15 is 0 Å². The minimum atomic E-state index is -0.659. The quantitative estimate of drug-likeness (QED) is 0.725. The van der Waals surface area contributed by atoms with E-state index in [4.69, 9.17) is 0 Å². The molecule has 1 saturated carbocycles. The van der Waals surface area contributed by atoms with Gasteiger partial charge in [0.25, 0.3) is 0 Å². The maximum Gasteiger partial charge on any atom is 0.315 e. The first-order valence-electron chi connectivity index (χ1n) is 7.60. The fraction of sp³-hybridized carbons (Fsp3) is 0.562. The Bertz CT molecular complexity index is 533. The van der Waals surface area contributed by atoms with Gasteiger partial charge in [0.2, 0.25) is 0 Å². The SMILES string of the molecule is CCCC(NC(=O)NCC1(CO)CC1)c1ccc(F)cc1F. The first kappa shape index (κ1) is 16.7. The second-order valence-corrected chi connectivity index (χ2v) is 5.99. The van der Waals surface area contributed by atoms with Crippen LogP contribution in [0.3, 0.4) is 0 Å². The van der Waals surface area contributed by atoms with Crippen molar-refractivity contribution in [3.8, 4) is 0 Å². The van der Waals surface area contributed by atoms with Crippen LogP contribution in [0.25, 0.3) is 0 Å². The number of hydrogen-bond donors (Lipinski definition) is 3. The van der Waals surface area contributed by atoms with Crippen molar-refractivity contribution in [2.45, 2.75) is 38.6 Å². The summed E-state index contributed by atoms with van der Waals surface area (Å²) in [7, 11) is 0. The number of aliphatic hydroxyl groups is 1. The highest BCUT2D eigenvalue weighted by molar-refractivity contribution is 5.74. The van der Waals surface area contributed by atoms with Gasteiger partial charge >= 0.3 is 6.03 Å². The van der Waals surface area contributed by atoms with Crippen LogP contribution in [0.15, 0.2) is 18.2 Å². The number of hydrogen-bond acceptors (Lipinski definition) is 2. The van der Waals surface area contributed by atoms with Gasteiger partial charge in [-0.1, -0.05) is 19.4 Å². The Labute approximate surface area is 128 Å². The van der Waals surface area contributed by atoms with Crippen molar-refractivity contribution < 1.29 is 18.7 Å². The maximum absolute atomic E-state index is 13.9. The molecule has 1 aliphatic carbocycles. The summed E-state index contributed by atoms with van der Waals surface area (Å²) in [5.74, 6) is -1.30. The van der Waals surface area contributed by atoms with Crippen LogP contribution in [0, 0.1) is 17.0 Å². The summed E-state index contributed by atoms with van der Waals surface area (Å²) in [6, 6.07) is 2.46. The van der Waals surface area contributed by atoms with Gasteiger partial charge in [0, 0.05) is 23.6 Å². The zero-order valence-electron chi connectivity index (χ0n) is 12.7. The van der Waals surface area contributed by atoms with Crippen molar-refractivity contribution in [3.05, 3.63) is 35.4 Å². The molecule has 2 rings (SSSR count). The maximum atomic E-state index is 13.9. The number of amides is 2.